The molecule has 0 spiro atoms. The predicted molar refractivity (Wildman–Crippen MR) is 97.9 cm³/mol. The molecule has 1 fully saturated rings. The van der Waals surface area contributed by atoms with Gasteiger partial charge >= 0.3 is 12.1 Å². The number of benzene rings is 2. The molecule has 5 heteroatoms. The van der Waals surface area contributed by atoms with E-state index in [1.807, 2.05) is 55.5 Å². The number of amides is 1. The lowest BCUT2D eigenvalue weighted by Crippen LogP contribution is -2.45. The number of carbonyl (C=O) groups is 2. The van der Waals surface area contributed by atoms with Crippen LogP contribution in [-0.2, 0) is 16.1 Å². The highest BCUT2D eigenvalue weighted by Crippen LogP contribution is 2.31. The lowest BCUT2D eigenvalue weighted by Gasteiger charge is -2.35. The van der Waals surface area contributed by atoms with Gasteiger partial charge in [-0.3, -0.25) is 4.79 Å². The monoisotopic (exact) mass is 353 g/mol. The topological polar surface area (TPSA) is 66.8 Å². The molecular weight excluding hydrogens is 330 g/mol. The summed E-state index contributed by atoms with van der Waals surface area (Å²) in [6, 6.07) is 17.5. The van der Waals surface area contributed by atoms with Crippen LogP contribution in [0, 0.1) is 12.8 Å². The fourth-order valence-electron chi connectivity index (χ4n) is 3.40. The Kier molecular flexibility index (Phi) is 5.56. The highest BCUT2D eigenvalue weighted by molar-refractivity contribution is 5.73. The Labute approximate surface area is 153 Å². The molecule has 1 aliphatic heterocycles. The van der Waals surface area contributed by atoms with Crippen LogP contribution in [0.1, 0.15) is 29.0 Å². The van der Waals surface area contributed by atoms with Crippen LogP contribution < -0.4 is 0 Å². The first-order valence-corrected chi connectivity index (χ1v) is 8.78. The smallest absolute Gasteiger partial charge is 0.410 e. The van der Waals surface area contributed by atoms with Crippen LogP contribution >= 0.6 is 0 Å². The van der Waals surface area contributed by atoms with Crippen LogP contribution in [0.2, 0.25) is 0 Å². The second-order valence-corrected chi connectivity index (χ2v) is 6.83. The first-order valence-electron chi connectivity index (χ1n) is 8.78. The molecule has 1 amide bonds. The van der Waals surface area contributed by atoms with Crippen molar-refractivity contribution in [3.05, 3.63) is 71.3 Å². The van der Waals surface area contributed by atoms with E-state index >= 15 is 0 Å². The quantitative estimate of drug-likeness (QED) is 0.907. The molecule has 1 aliphatic rings. The molecule has 2 atom stereocenters. The maximum atomic E-state index is 12.5. The molecule has 136 valence electrons. The highest BCUT2D eigenvalue weighted by atomic mass is 16.6. The minimum absolute atomic E-state index is 0.00553. The van der Waals surface area contributed by atoms with Crippen molar-refractivity contribution in [1.29, 1.82) is 0 Å². The third-order valence-electron chi connectivity index (χ3n) is 4.78. The van der Waals surface area contributed by atoms with Gasteiger partial charge in [-0.15, -0.1) is 0 Å². The number of hydrogen-bond donors (Lipinski definition) is 1. The molecular formula is C21H23NO4. The molecule has 1 heterocycles. The van der Waals surface area contributed by atoms with Crippen LogP contribution in [0.5, 0.6) is 0 Å². The summed E-state index contributed by atoms with van der Waals surface area (Å²) in [4.78, 5) is 25.6. The van der Waals surface area contributed by atoms with Gasteiger partial charge in [-0.05, 0) is 24.5 Å². The van der Waals surface area contributed by atoms with Gasteiger partial charge < -0.3 is 14.7 Å². The van der Waals surface area contributed by atoms with Gasteiger partial charge in [0.2, 0.25) is 0 Å². The minimum atomic E-state index is -0.872. The molecule has 0 aliphatic carbocycles. The van der Waals surface area contributed by atoms with Crippen LogP contribution in [0.3, 0.4) is 0 Å². The molecule has 26 heavy (non-hydrogen) atoms. The van der Waals surface area contributed by atoms with E-state index in [2.05, 4.69) is 6.07 Å². The number of aliphatic carboxylic acids is 1. The molecule has 2 unspecified atom stereocenters. The highest BCUT2D eigenvalue weighted by Gasteiger charge is 2.35. The summed E-state index contributed by atoms with van der Waals surface area (Å²) in [5, 5.41) is 9.49. The van der Waals surface area contributed by atoms with E-state index < -0.39 is 18.0 Å². The molecule has 2 aromatic carbocycles. The number of likely N-dealkylation sites (tertiary alicyclic amines) is 1. The molecule has 0 aromatic heterocycles. The van der Waals surface area contributed by atoms with Crippen LogP contribution in [0.4, 0.5) is 4.79 Å². The first-order chi connectivity index (χ1) is 12.5. The number of carboxylic acid groups (broad SMARTS) is 1. The van der Waals surface area contributed by atoms with E-state index in [0.717, 1.165) is 16.7 Å². The van der Waals surface area contributed by atoms with E-state index in [9.17, 15) is 14.7 Å². The van der Waals surface area contributed by atoms with E-state index in [0.29, 0.717) is 13.0 Å². The van der Waals surface area contributed by atoms with Gasteiger partial charge in [0.15, 0.2) is 0 Å². The van der Waals surface area contributed by atoms with E-state index in [4.69, 9.17) is 4.74 Å². The number of piperidine rings is 1. The van der Waals surface area contributed by atoms with Crippen molar-refractivity contribution in [2.75, 3.05) is 13.1 Å². The fraction of sp³-hybridized carbons (Fsp3) is 0.333. The summed E-state index contributed by atoms with van der Waals surface area (Å²) in [6.45, 7) is 2.85. The summed E-state index contributed by atoms with van der Waals surface area (Å²) in [5.41, 5.74) is 3.10. The lowest BCUT2D eigenvalue weighted by atomic mass is 9.84. The van der Waals surface area contributed by atoms with E-state index in [1.54, 1.807) is 0 Å². The van der Waals surface area contributed by atoms with Gasteiger partial charge in [0.25, 0.3) is 0 Å². The van der Waals surface area contributed by atoms with Crippen molar-refractivity contribution in [3.8, 4) is 0 Å². The second kappa shape index (κ2) is 8.04. The zero-order valence-corrected chi connectivity index (χ0v) is 14.8. The molecule has 5 nitrogen and oxygen atoms in total. The van der Waals surface area contributed by atoms with E-state index in [-0.39, 0.29) is 19.1 Å². The zero-order valence-electron chi connectivity index (χ0n) is 14.8. The van der Waals surface area contributed by atoms with Crippen molar-refractivity contribution in [2.45, 2.75) is 25.9 Å². The van der Waals surface area contributed by atoms with Crippen molar-refractivity contribution < 1.29 is 19.4 Å². The largest absolute Gasteiger partial charge is 0.481 e. The predicted octanol–water partition coefficient (Wildman–Crippen LogP) is 3.82. The van der Waals surface area contributed by atoms with Gasteiger partial charge in [0.05, 0.1) is 5.92 Å². The Morgan fingerprint density at radius 1 is 1.12 bits per heavy atom. The Bertz CT molecular complexity index is 775. The van der Waals surface area contributed by atoms with Gasteiger partial charge in [-0.2, -0.15) is 0 Å². The van der Waals surface area contributed by atoms with Crippen molar-refractivity contribution in [3.63, 3.8) is 0 Å². The molecule has 0 bridgehead atoms. The summed E-state index contributed by atoms with van der Waals surface area (Å²) in [7, 11) is 0. The average molecular weight is 353 g/mol. The Balaban J connectivity index is 1.70. The van der Waals surface area contributed by atoms with Crippen LogP contribution in [-0.4, -0.2) is 35.2 Å². The van der Waals surface area contributed by atoms with Crippen LogP contribution in [0.15, 0.2) is 54.6 Å². The summed E-state index contributed by atoms with van der Waals surface area (Å²) >= 11 is 0. The lowest BCUT2D eigenvalue weighted by molar-refractivity contribution is -0.143. The Hall–Kier alpha value is -2.82. The summed E-state index contributed by atoms with van der Waals surface area (Å²) < 4.78 is 5.40. The summed E-state index contributed by atoms with van der Waals surface area (Å²) in [5.74, 6) is -1.46. The standard InChI is InChI=1S/C21H23NO4/c1-15-6-5-9-17(10-15)18-11-19(20(23)24)13-22(12-18)21(25)26-14-16-7-3-2-4-8-16/h2-10,18-19H,11-14H2,1H3,(H,23,24). The number of carboxylic acids is 1. The maximum Gasteiger partial charge on any atom is 0.410 e. The first kappa shape index (κ1) is 18.0. The second-order valence-electron chi connectivity index (χ2n) is 6.83. The van der Waals surface area contributed by atoms with Gasteiger partial charge in [-0.25, -0.2) is 4.79 Å². The Morgan fingerprint density at radius 2 is 1.88 bits per heavy atom. The summed E-state index contributed by atoms with van der Waals surface area (Å²) in [6.07, 6.45) is 0.0683. The number of carbonyl (C=O) groups excluding carboxylic acids is 1. The number of aryl methyl sites for hydroxylation is 1. The third kappa shape index (κ3) is 4.42. The SMILES string of the molecule is Cc1cccc(C2CC(C(=O)O)CN(C(=O)OCc3ccccc3)C2)c1. The molecule has 0 saturated carbocycles. The molecule has 1 N–H and O–H groups in total. The third-order valence-corrected chi connectivity index (χ3v) is 4.78. The molecule has 0 radical (unpaired) electrons. The number of rotatable bonds is 4. The minimum Gasteiger partial charge on any atom is -0.481 e. The maximum absolute atomic E-state index is 12.5. The molecule has 3 rings (SSSR count). The normalized spacial score (nSPS) is 19.8. The zero-order chi connectivity index (χ0) is 18.5. The van der Waals surface area contributed by atoms with Crippen molar-refractivity contribution in [1.82, 2.24) is 4.90 Å². The van der Waals surface area contributed by atoms with Crippen LogP contribution in [0.25, 0.3) is 0 Å². The van der Waals surface area contributed by atoms with Gasteiger partial charge in [-0.1, -0.05) is 60.2 Å². The molecule has 2 aromatic rings. The van der Waals surface area contributed by atoms with Crippen molar-refractivity contribution >= 4 is 12.1 Å². The fourth-order valence-corrected chi connectivity index (χ4v) is 3.40. The Morgan fingerprint density at radius 3 is 2.58 bits per heavy atom. The number of nitrogens with zero attached hydrogens (tertiary/aromatic N) is 1. The molecule has 1 saturated heterocycles. The van der Waals surface area contributed by atoms with Crippen molar-refractivity contribution in [2.24, 2.45) is 5.92 Å². The van der Waals surface area contributed by atoms with E-state index in [1.165, 1.54) is 4.90 Å². The van der Waals surface area contributed by atoms with Gasteiger partial charge in [0.1, 0.15) is 6.61 Å². The van der Waals surface area contributed by atoms with Gasteiger partial charge in [0, 0.05) is 19.0 Å². The average Bonchev–Trinajstić information content (AvgIpc) is 2.66. The number of hydrogen-bond acceptors (Lipinski definition) is 3. The number of ether oxygens (including phenoxy) is 1.